The molecule has 4 rings (SSSR count). The molecule has 0 fully saturated rings. The Kier molecular flexibility index (Phi) is 4.24. The molecule has 0 aliphatic rings. The second-order valence-corrected chi connectivity index (χ2v) is 6.57. The van der Waals surface area contributed by atoms with Gasteiger partial charge in [0.25, 0.3) is 0 Å². The SMILES string of the molecule is Cc1c(C)c2ccc(OCC(=O)c3ccc4ccccc4c3)cc2oc1=O. The molecular weight excluding hydrogens is 340 g/mol. The number of Topliss-reactive ketones (excluding diaryl/α,β-unsaturated/α-hetero) is 1. The molecule has 134 valence electrons. The predicted octanol–water partition coefficient (Wildman–Crippen LogP) is 4.82. The Balaban J connectivity index is 1.56. The van der Waals surface area contributed by atoms with Gasteiger partial charge in [0.2, 0.25) is 0 Å². The lowest BCUT2D eigenvalue weighted by atomic mass is 10.0. The van der Waals surface area contributed by atoms with E-state index in [1.165, 1.54) is 0 Å². The van der Waals surface area contributed by atoms with Gasteiger partial charge in [-0.15, -0.1) is 0 Å². The molecule has 3 aromatic carbocycles. The van der Waals surface area contributed by atoms with Crippen LogP contribution < -0.4 is 10.4 Å². The Hall–Kier alpha value is -3.40. The summed E-state index contributed by atoms with van der Waals surface area (Å²) in [7, 11) is 0. The van der Waals surface area contributed by atoms with E-state index in [9.17, 15) is 9.59 Å². The molecule has 0 aliphatic heterocycles. The molecule has 0 unspecified atom stereocenters. The molecule has 0 N–H and O–H groups in total. The average molecular weight is 358 g/mol. The molecule has 1 aromatic heterocycles. The maximum absolute atomic E-state index is 12.5. The smallest absolute Gasteiger partial charge is 0.339 e. The molecule has 0 saturated heterocycles. The van der Waals surface area contributed by atoms with Gasteiger partial charge in [-0.1, -0.05) is 36.4 Å². The van der Waals surface area contributed by atoms with Gasteiger partial charge in [0.1, 0.15) is 11.3 Å². The highest BCUT2D eigenvalue weighted by Crippen LogP contribution is 2.24. The standard InChI is InChI=1S/C23H18O4/c1-14-15(2)23(25)27-22-12-19(9-10-20(14)22)26-13-21(24)18-8-7-16-5-3-4-6-17(16)11-18/h3-12H,13H2,1-2H3. The lowest BCUT2D eigenvalue weighted by Gasteiger charge is -2.09. The van der Waals surface area contributed by atoms with Gasteiger partial charge in [-0.05, 0) is 48.4 Å². The van der Waals surface area contributed by atoms with Crippen LogP contribution in [0.3, 0.4) is 0 Å². The summed E-state index contributed by atoms with van der Waals surface area (Å²) < 4.78 is 11.0. The van der Waals surface area contributed by atoms with Gasteiger partial charge in [0, 0.05) is 22.6 Å². The zero-order valence-corrected chi connectivity index (χ0v) is 15.1. The van der Waals surface area contributed by atoms with Gasteiger partial charge in [0.05, 0.1) is 0 Å². The largest absolute Gasteiger partial charge is 0.485 e. The van der Waals surface area contributed by atoms with Crippen LogP contribution in [0.25, 0.3) is 21.7 Å². The van der Waals surface area contributed by atoms with E-state index in [2.05, 4.69) is 0 Å². The lowest BCUT2D eigenvalue weighted by Crippen LogP contribution is -2.11. The topological polar surface area (TPSA) is 56.5 Å². The van der Waals surface area contributed by atoms with E-state index in [1.807, 2.05) is 49.4 Å². The van der Waals surface area contributed by atoms with Crippen LogP contribution in [0.1, 0.15) is 21.5 Å². The summed E-state index contributed by atoms with van der Waals surface area (Å²) in [5.41, 5.74) is 2.19. The first-order valence-corrected chi connectivity index (χ1v) is 8.72. The molecule has 0 amide bonds. The first kappa shape index (κ1) is 17.0. The lowest BCUT2D eigenvalue weighted by molar-refractivity contribution is 0.0921. The number of carbonyl (C=O) groups excluding carboxylic acids is 1. The number of fused-ring (bicyclic) bond motifs is 2. The van der Waals surface area contributed by atoms with Crippen molar-refractivity contribution in [3.63, 3.8) is 0 Å². The quantitative estimate of drug-likeness (QED) is 0.387. The number of ketones is 1. The third kappa shape index (κ3) is 3.22. The van der Waals surface area contributed by atoms with Crippen molar-refractivity contribution in [1.29, 1.82) is 0 Å². The molecule has 4 heteroatoms. The molecule has 0 atom stereocenters. The normalized spacial score (nSPS) is 11.0. The number of hydrogen-bond acceptors (Lipinski definition) is 4. The van der Waals surface area contributed by atoms with E-state index in [4.69, 9.17) is 9.15 Å². The highest BCUT2D eigenvalue weighted by molar-refractivity contribution is 6.00. The van der Waals surface area contributed by atoms with E-state index < -0.39 is 0 Å². The fourth-order valence-corrected chi connectivity index (χ4v) is 3.11. The van der Waals surface area contributed by atoms with Gasteiger partial charge in [-0.2, -0.15) is 0 Å². The van der Waals surface area contributed by atoms with Crippen molar-refractivity contribution in [3.05, 3.63) is 87.8 Å². The number of rotatable bonds is 4. The third-order valence-electron chi connectivity index (χ3n) is 4.87. The Bertz CT molecular complexity index is 1230. The van der Waals surface area contributed by atoms with Crippen LogP contribution in [-0.4, -0.2) is 12.4 Å². The monoisotopic (exact) mass is 358 g/mol. The van der Waals surface area contributed by atoms with E-state index in [1.54, 1.807) is 25.1 Å². The van der Waals surface area contributed by atoms with Gasteiger partial charge in [-0.3, -0.25) is 4.79 Å². The van der Waals surface area contributed by atoms with Gasteiger partial charge in [-0.25, -0.2) is 4.79 Å². The summed E-state index contributed by atoms with van der Waals surface area (Å²) in [5, 5.41) is 2.96. The summed E-state index contributed by atoms with van der Waals surface area (Å²) in [4.78, 5) is 24.3. The van der Waals surface area contributed by atoms with E-state index in [0.717, 1.165) is 21.7 Å². The Morgan fingerprint density at radius 3 is 2.52 bits per heavy atom. The fourth-order valence-electron chi connectivity index (χ4n) is 3.11. The number of ether oxygens (including phenoxy) is 1. The number of hydrogen-bond donors (Lipinski definition) is 0. The Labute approximate surface area is 156 Å². The average Bonchev–Trinajstić information content (AvgIpc) is 2.69. The van der Waals surface area contributed by atoms with Crippen LogP contribution in [0.4, 0.5) is 0 Å². The van der Waals surface area contributed by atoms with Crippen molar-refractivity contribution in [2.75, 3.05) is 6.61 Å². The molecule has 0 bridgehead atoms. The first-order valence-electron chi connectivity index (χ1n) is 8.72. The molecule has 27 heavy (non-hydrogen) atoms. The van der Waals surface area contributed by atoms with Gasteiger partial charge >= 0.3 is 5.63 Å². The highest BCUT2D eigenvalue weighted by atomic mass is 16.5. The second-order valence-electron chi connectivity index (χ2n) is 6.57. The molecule has 0 aliphatic carbocycles. The van der Waals surface area contributed by atoms with Crippen LogP contribution >= 0.6 is 0 Å². The zero-order chi connectivity index (χ0) is 19.0. The van der Waals surface area contributed by atoms with Crippen LogP contribution in [0, 0.1) is 13.8 Å². The minimum atomic E-state index is -0.357. The fraction of sp³-hybridized carbons (Fsp3) is 0.130. The summed E-state index contributed by atoms with van der Waals surface area (Å²) in [6.07, 6.45) is 0. The predicted molar refractivity (Wildman–Crippen MR) is 106 cm³/mol. The van der Waals surface area contributed by atoms with Crippen LogP contribution in [0.5, 0.6) is 5.75 Å². The Morgan fingerprint density at radius 1 is 0.926 bits per heavy atom. The van der Waals surface area contributed by atoms with Crippen molar-refractivity contribution >= 4 is 27.5 Å². The summed E-state index contributed by atoms with van der Waals surface area (Å²) in [5.74, 6) is 0.380. The minimum Gasteiger partial charge on any atom is -0.485 e. The zero-order valence-electron chi connectivity index (χ0n) is 15.1. The summed E-state index contributed by atoms with van der Waals surface area (Å²) >= 11 is 0. The maximum atomic E-state index is 12.5. The molecule has 4 aromatic rings. The van der Waals surface area contributed by atoms with Crippen molar-refractivity contribution in [2.24, 2.45) is 0 Å². The summed E-state index contributed by atoms with van der Waals surface area (Å²) in [6, 6.07) is 18.8. The highest BCUT2D eigenvalue weighted by Gasteiger charge is 2.11. The number of carbonyl (C=O) groups is 1. The van der Waals surface area contributed by atoms with Crippen LogP contribution in [0.15, 0.2) is 69.9 Å². The molecular formula is C23H18O4. The maximum Gasteiger partial charge on any atom is 0.339 e. The van der Waals surface area contributed by atoms with E-state index in [0.29, 0.717) is 22.5 Å². The van der Waals surface area contributed by atoms with Gasteiger partial charge in [0.15, 0.2) is 12.4 Å². The number of benzene rings is 3. The van der Waals surface area contributed by atoms with Crippen molar-refractivity contribution in [3.8, 4) is 5.75 Å². The third-order valence-corrected chi connectivity index (χ3v) is 4.87. The first-order chi connectivity index (χ1) is 13.0. The molecule has 1 heterocycles. The van der Waals surface area contributed by atoms with Crippen molar-refractivity contribution in [2.45, 2.75) is 13.8 Å². The Morgan fingerprint density at radius 2 is 1.70 bits per heavy atom. The number of aryl methyl sites for hydroxylation is 1. The van der Waals surface area contributed by atoms with Gasteiger partial charge < -0.3 is 9.15 Å². The molecule has 0 spiro atoms. The van der Waals surface area contributed by atoms with E-state index >= 15 is 0 Å². The van der Waals surface area contributed by atoms with Crippen molar-refractivity contribution in [1.82, 2.24) is 0 Å². The summed E-state index contributed by atoms with van der Waals surface area (Å²) in [6.45, 7) is 3.55. The molecule has 4 nitrogen and oxygen atoms in total. The van der Waals surface area contributed by atoms with Crippen LogP contribution in [-0.2, 0) is 0 Å². The van der Waals surface area contributed by atoms with Crippen LogP contribution in [0.2, 0.25) is 0 Å². The minimum absolute atomic E-state index is 0.0844. The van der Waals surface area contributed by atoms with Crippen molar-refractivity contribution < 1.29 is 13.9 Å². The molecule has 0 saturated carbocycles. The molecule has 0 radical (unpaired) electrons. The van der Waals surface area contributed by atoms with E-state index in [-0.39, 0.29) is 18.0 Å². The second kappa shape index (κ2) is 6.72.